The number of benzene rings is 2. The summed E-state index contributed by atoms with van der Waals surface area (Å²) in [6.45, 7) is 0.0491. The standard InChI is InChI=1S/C20H23FO4/c21-12-17-11-18(23-13-15-7-3-1-4-8-15)19(20(22)25-17)24-14-16-9-5-2-6-10-16/h1-10,17-20,22H,11-14H2. The summed E-state index contributed by atoms with van der Waals surface area (Å²) >= 11 is 0. The fourth-order valence-electron chi connectivity index (χ4n) is 2.90. The van der Waals surface area contributed by atoms with Gasteiger partial charge in [-0.2, -0.15) is 0 Å². The Morgan fingerprint density at radius 2 is 1.48 bits per heavy atom. The van der Waals surface area contributed by atoms with Gasteiger partial charge in [0.15, 0.2) is 6.29 Å². The third-order valence-electron chi connectivity index (χ3n) is 4.24. The number of ether oxygens (including phenoxy) is 3. The summed E-state index contributed by atoms with van der Waals surface area (Å²) in [5, 5.41) is 10.2. The lowest BCUT2D eigenvalue weighted by atomic mass is 10.0. The zero-order chi connectivity index (χ0) is 17.5. The van der Waals surface area contributed by atoms with Gasteiger partial charge in [0.25, 0.3) is 0 Å². The van der Waals surface area contributed by atoms with E-state index in [1.54, 1.807) is 0 Å². The SMILES string of the molecule is OC1OC(CF)CC(OCc2ccccc2)C1OCc1ccccc1. The first-order valence-electron chi connectivity index (χ1n) is 8.47. The predicted octanol–water partition coefficient (Wildman–Crippen LogP) is 3.23. The highest BCUT2D eigenvalue weighted by atomic mass is 19.1. The Labute approximate surface area is 147 Å². The number of aliphatic hydroxyl groups is 1. The number of rotatable bonds is 7. The minimum absolute atomic E-state index is 0.331. The van der Waals surface area contributed by atoms with E-state index >= 15 is 0 Å². The molecule has 1 N–H and O–H groups in total. The van der Waals surface area contributed by atoms with Gasteiger partial charge >= 0.3 is 0 Å². The van der Waals surface area contributed by atoms with Crippen LogP contribution in [0.1, 0.15) is 17.5 Å². The summed E-state index contributed by atoms with van der Waals surface area (Å²) in [6.07, 6.45) is -2.63. The van der Waals surface area contributed by atoms with Gasteiger partial charge < -0.3 is 19.3 Å². The van der Waals surface area contributed by atoms with Crippen molar-refractivity contribution in [3.63, 3.8) is 0 Å². The number of halogens is 1. The summed E-state index contributed by atoms with van der Waals surface area (Å²) < 4.78 is 30.1. The fourth-order valence-corrected chi connectivity index (χ4v) is 2.90. The van der Waals surface area contributed by atoms with Crippen molar-refractivity contribution in [3.05, 3.63) is 71.8 Å². The molecule has 1 aliphatic rings. The monoisotopic (exact) mass is 346 g/mol. The highest BCUT2D eigenvalue weighted by molar-refractivity contribution is 5.14. The van der Waals surface area contributed by atoms with E-state index in [2.05, 4.69) is 0 Å². The molecule has 1 saturated heterocycles. The molecule has 4 atom stereocenters. The highest BCUT2D eigenvalue weighted by Crippen LogP contribution is 2.26. The Bertz CT molecular complexity index is 622. The smallest absolute Gasteiger partial charge is 0.184 e. The van der Waals surface area contributed by atoms with Crippen LogP contribution in [-0.4, -0.2) is 36.4 Å². The second-order valence-corrected chi connectivity index (χ2v) is 6.13. The largest absolute Gasteiger partial charge is 0.371 e. The lowest BCUT2D eigenvalue weighted by Gasteiger charge is -2.38. The molecule has 0 aliphatic carbocycles. The van der Waals surface area contributed by atoms with Gasteiger partial charge in [-0.15, -0.1) is 0 Å². The van der Waals surface area contributed by atoms with Gasteiger partial charge in [-0.3, -0.25) is 0 Å². The summed E-state index contributed by atoms with van der Waals surface area (Å²) in [5.41, 5.74) is 2.01. The van der Waals surface area contributed by atoms with E-state index in [4.69, 9.17) is 14.2 Å². The van der Waals surface area contributed by atoms with Crippen molar-refractivity contribution in [3.8, 4) is 0 Å². The average molecular weight is 346 g/mol. The van der Waals surface area contributed by atoms with Crippen LogP contribution < -0.4 is 0 Å². The fraction of sp³-hybridized carbons (Fsp3) is 0.400. The molecule has 0 saturated carbocycles. The van der Waals surface area contributed by atoms with Crippen molar-refractivity contribution in [1.82, 2.24) is 0 Å². The second-order valence-electron chi connectivity index (χ2n) is 6.13. The van der Waals surface area contributed by atoms with Crippen LogP contribution in [0.2, 0.25) is 0 Å². The van der Waals surface area contributed by atoms with Crippen molar-refractivity contribution in [2.45, 2.75) is 44.2 Å². The molecule has 1 aliphatic heterocycles. The number of alkyl halides is 1. The van der Waals surface area contributed by atoms with Crippen molar-refractivity contribution in [2.24, 2.45) is 0 Å². The summed E-state index contributed by atoms with van der Waals surface area (Å²) in [6, 6.07) is 19.4. The Kier molecular flexibility index (Phi) is 6.53. The van der Waals surface area contributed by atoms with Crippen LogP contribution in [0, 0.1) is 0 Å². The Morgan fingerprint density at radius 1 is 0.920 bits per heavy atom. The minimum atomic E-state index is -1.21. The molecule has 0 amide bonds. The first-order valence-corrected chi connectivity index (χ1v) is 8.47. The minimum Gasteiger partial charge on any atom is -0.371 e. The second kappa shape index (κ2) is 9.06. The molecule has 0 radical (unpaired) electrons. The molecular weight excluding hydrogens is 323 g/mol. The molecule has 2 aromatic carbocycles. The van der Waals surface area contributed by atoms with E-state index in [0.717, 1.165) is 11.1 Å². The first-order chi connectivity index (χ1) is 12.3. The molecule has 3 rings (SSSR count). The summed E-state index contributed by atoms with van der Waals surface area (Å²) in [7, 11) is 0. The van der Waals surface area contributed by atoms with Crippen LogP contribution in [0.15, 0.2) is 60.7 Å². The van der Waals surface area contributed by atoms with Crippen LogP contribution in [0.25, 0.3) is 0 Å². The maximum Gasteiger partial charge on any atom is 0.184 e. The topological polar surface area (TPSA) is 47.9 Å². The zero-order valence-electron chi connectivity index (χ0n) is 14.0. The van der Waals surface area contributed by atoms with Gasteiger partial charge in [0.1, 0.15) is 12.8 Å². The van der Waals surface area contributed by atoms with Crippen molar-refractivity contribution in [1.29, 1.82) is 0 Å². The number of aliphatic hydroxyl groups excluding tert-OH is 1. The molecule has 1 heterocycles. The molecule has 4 unspecified atom stereocenters. The average Bonchev–Trinajstić information content (AvgIpc) is 2.67. The molecule has 4 nitrogen and oxygen atoms in total. The van der Waals surface area contributed by atoms with E-state index in [1.165, 1.54) is 0 Å². The van der Waals surface area contributed by atoms with E-state index < -0.39 is 31.3 Å². The lowest BCUT2D eigenvalue weighted by Crippen LogP contribution is -2.51. The molecule has 2 aromatic rings. The third-order valence-corrected chi connectivity index (χ3v) is 4.24. The Hall–Kier alpha value is -1.79. The highest BCUT2D eigenvalue weighted by Gasteiger charge is 2.39. The van der Waals surface area contributed by atoms with Crippen LogP contribution in [0.5, 0.6) is 0 Å². The molecule has 134 valence electrons. The molecular formula is C20H23FO4. The van der Waals surface area contributed by atoms with Gasteiger partial charge in [0.05, 0.1) is 25.4 Å². The first kappa shape index (κ1) is 18.0. The molecule has 5 heteroatoms. The van der Waals surface area contributed by atoms with Crippen LogP contribution in [-0.2, 0) is 27.4 Å². The molecule has 0 spiro atoms. The van der Waals surface area contributed by atoms with Gasteiger partial charge in [-0.1, -0.05) is 60.7 Å². The quantitative estimate of drug-likeness (QED) is 0.836. The molecule has 0 bridgehead atoms. The summed E-state index contributed by atoms with van der Waals surface area (Å²) in [4.78, 5) is 0. The van der Waals surface area contributed by atoms with Crippen molar-refractivity contribution in [2.75, 3.05) is 6.67 Å². The molecule has 0 aromatic heterocycles. The van der Waals surface area contributed by atoms with Crippen molar-refractivity contribution < 1.29 is 23.7 Å². The maximum absolute atomic E-state index is 13.0. The van der Waals surface area contributed by atoms with Crippen LogP contribution >= 0.6 is 0 Å². The summed E-state index contributed by atoms with van der Waals surface area (Å²) in [5.74, 6) is 0. The normalized spacial score (nSPS) is 26.5. The van der Waals surface area contributed by atoms with E-state index in [1.807, 2.05) is 60.7 Å². The molecule has 25 heavy (non-hydrogen) atoms. The predicted molar refractivity (Wildman–Crippen MR) is 91.5 cm³/mol. The van der Waals surface area contributed by atoms with Gasteiger partial charge in [-0.25, -0.2) is 4.39 Å². The third kappa shape index (κ3) is 5.09. The van der Waals surface area contributed by atoms with E-state index in [0.29, 0.717) is 19.6 Å². The van der Waals surface area contributed by atoms with Crippen molar-refractivity contribution >= 4 is 0 Å². The number of hydrogen-bond acceptors (Lipinski definition) is 4. The van der Waals surface area contributed by atoms with E-state index in [-0.39, 0.29) is 0 Å². The van der Waals surface area contributed by atoms with Gasteiger partial charge in [0, 0.05) is 6.42 Å². The van der Waals surface area contributed by atoms with Crippen LogP contribution in [0.3, 0.4) is 0 Å². The Balaban J connectivity index is 1.63. The maximum atomic E-state index is 13.0. The number of hydrogen-bond donors (Lipinski definition) is 1. The van der Waals surface area contributed by atoms with E-state index in [9.17, 15) is 9.50 Å². The zero-order valence-corrected chi connectivity index (χ0v) is 14.0. The van der Waals surface area contributed by atoms with Gasteiger partial charge in [-0.05, 0) is 11.1 Å². The Morgan fingerprint density at radius 3 is 2.04 bits per heavy atom. The lowest BCUT2D eigenvalue weighted by molar-refractivity contribution is -0.273. The van der Waals surface area contributed by atoms with Crippen LogP contribution in [0.4, 0.5) is 4.39 Å². The molecule has 1 fully saturated rings. The van der Waals surface area contributed by atoms with Gasteiger partial charge in [0.2, 0.25) is 0 Å².